The van der Waals surface area contributed by atoms with Crippen LogP contribution in [0.2, 0.25) is 0 Å². The number of amides is 1. The fourth-order valence-electron chi connectivity index (χ4n) is 3.57. The number of nitrogens with one attached hydrogen (secondary N) is 1. The molecule has 0 aliphatic carbocycles. The van der Waals surface area contributed by atoms with Crippen molar-refractivity contribution in [1.82, 2.24) is 9.38 Å². The fraction of sp³-hybridized carbons (Fsp3) is 0.409. The van der Waals surface area contributed by atoms with Gasteiger partial charge in [-0.05, 0) is 18.2 Å². The summed E-state index contributed by atoms with van der Waals surface area (Å²) in [5.74, 6) is -0.440. The third kappa shape index (κ3) is 3.95. The molecule has 2 aromatic heterocycles. The van der Waals surface area contributed by atoms with Crippen molar-refractivity contribution < 1.29 is 13.9 Å². The maximum Gasteiger partial charge on any atom is 0.275 e. The first-order valence-electron chi connectivity index (χ1n) is 10.1. The SMILES string of the molecule is CC1COCC1(N=C(N)C(C)(C)C)c1cc(NC(=O)c2cn3ccsc3n2)ccc1F. The molecule has 1 saturated heterocycles. The van der Waals surface area contributed by atoms with Gasteiger partial charge >= 0.3 is 0 Å². The molecule has 1 aromatic carbocycles. The number of anilines is 1. The Bertz CT molecular complexity index is 1130. The number of hydrogen-bond donors (Lipinski definition) is 2. The highest BCUT2D eigenvalue weighted by atomic mass is 32.1. The maximum absolute atomic E-state index is 15.1. The van der Waals surface area contributed by atoms with Crippen molar-refractivity contribution in [2.75, 3.05) is 18.5 Å². The van der Waals surface area contributed by atoms with Gasteiger partial charge in [-0.15, -0.1) is 11.3 Å². The van der Waals surface area contributed by atoms with E-state index >= 15 is 4.39 Å². The Kier molecular flexibility index (Phi) is 5.35. The van der Waals surface area contributed by atoms with Gasteiger partial charge in [-0.1, -0.05) is 27.7 Å². The van der Waals surface area contributed by atoms with Gasteiger partial charge in [0, 0.05) is 40.4 Å². The van der Waals surface area contributed by atoms with Crippen LogP contribution in [0.25, 0.3) is 4.96 Å². The summed E-state index contributed by atoms with van der Waals surface area (Å²) in [6.45, 7) is 8.52. The van der Waals surface area contributed by atoms with Gasteiger partial charge in [0.05, 0.1) is 13.2 Å². The van der Waals surface area contributed by atoms with Crippen LogP contribution in [-0.2, 0) is 10.3 Å². The Morgan fingerprint density at radius 1 is 1.45 bits per heavy atom. The number of thiazole rings is 1. The Labute approximate surface area is 184 Å². The van der Waals surface area contributed by atoms with Crippen LogP contribution >= 0.6 is 11.3 Å². The zero-order valence-electron chi connectivity index (χ0n) is 18.0. The minimum absolute atomic E-state index is 0.0891. The van der Waals surface area contributed by atoms with Crippen molar-refractivity contribution in [3.8, 4) is 0 Å². The molecule has 2 unspecified atom stereocenters. The first-order chi connectivity index (χ1) is 14.6. The molecule has 3 aromatic rings. The lowest BCUT2D eigenvalue weighted by molar-refractivity contribution is 0.102. The van der Waals surface area contributed by atoms with Crippen LogP contribution in [0.3, 0.4) is 0 Å². The molecule has 9 heteroatoms. The highest BCUT2D eigenvalue weighted by Crippen LogP contribution is 2.42. The summed E-state index contributed by atoms with van der Waals surface area (Å²) in [5.41, 5.74) is 6.06. The highest BCUT2D eigenvalue weighted by Gasteiger charge is 2.45. The molecule has 0 saturated carbocycles. The average Bonchev–Trinajstić information content (AvgIpc) is 3.38. The number of benzene rings is 1. The molecule has 0 spiro atoms. The summed E-state index contributed by atoms with van der Waals surface area (Å²) in [6.07, 6.45) is 3.50. The lowest BCUT2D eigenvalue weighted by atomic mass is 9.80. The Hall–Kier alpha value is -2.78. The van der Waals surface area contributed by atoms with Gasteiger partial charge in [0.25, 0.3) is 5.91 Å². The van der Waals surface area contributed by atoms with Crippen LogP contribution in [0.15, 0.2) is 41.0 Å². The summed E-state index contributed by atoms with van der Waals surface area (Å²) >= 11 is 1.44. The van der Waals surface area contributed by atoms with Crippen LogP contribution in [0.1, 0.15) is 43.7 Å². The van der Waals surface area contributed by atoms with Crippen molar-refractivity contribution in [2.24, 2.45) is 22.1 Å². The lowest BCUT2D eigenvalue weighted by Crippen LogP contribution is -2.38. The van der Waals surface area contributed by atoms with Crippen LogP contribution in [0, 0.1) is 17.2 Å². The topological polar surface area (TPSA) is 94.0 Å². The van der Waals surface area contributed by atoms with E-state index in [-0.39, 0.29) is 23.8 Å². The Morgan fingerprint density at radius 3 is 2.87 bits per heavy atom. The first kappa shape index (κ1) is 21.5. The van der Waals surface area contributed by atoms with Gasteiger partial charge < -0.3 is 15.8 Å². The van der Waals surface area contributed by atoms with E-state index < -0.39 is 11.4 Å². The van der Waals surface area contributed by atoms with Crippen molar-refractivity contribution in [3.05, 3.63) is 53.0 Å². The number of carbonyl (C=O) groups excluding carboxylic acids is 1. The number of carbonyl (C=O) groups is 1. The summed E-state index contributed by atoms with van der Waals surface area (Å²) < 4.78 is 22.5. The van der Waals surface area contributed by atoms with Gasteiger partial charge in [0.15, 0.2) is 4.96 Å². The van der Waals surface area contributed by atoms with E-state index in [0.717, 1.165) is 4.96 Å². The van der Waals surface area contributed by atoms with E-state index in [4.69, 9.17) is 15.5 Å². The molecule has 0 radical (unpaired) electrons. The van der Waals surface area contributed by atoms with Crippen molar-refractivity contribution >= 4 is 33.7 Å². The van der Waals surface area contributed by atoms with E-state index in [1.807, 2.05) is 39.3 Å². The molecule has 2 atom stereocenters. The number of aliphatic imine (C=N–C) groups is 1. The molecule has 7 nitrogen and oxygen atoms in total. The Morgan fingerprint density at radius 2 is 2.23 bits per heavy atom. The average molecular weight is 444 g/mol. The van der Waals surface area contributed by atoms with E-state index in [9.17, 15) is 4.79 Å². The van der Waals surface area contributed by atoms with Crippen molar-refractivity contribution in [2.45, 2.75) is 33.2 Å². The zero-order chi connectivity index (χ0) is 22.4. The second kappa shape index (κ2) is 7.72. The highest BCUT2D eigenvalue weighted by molar-refractivity contribution is 7.15. The molecular formula is C22H26FN5O2S. The number of nitrogens with two attached hydrogens (primary N) is 1. The van der Waals surface area contributed by atoms with E-state index in [1.165, 1.54) is 23.5 Å². The smallest absolute Gasteiger partial charge is 0.275 e. The lowest BCUT2D eigenvalue weighted by Gasteiger charge is -2.32. The number of hydrogen-bond acceptors (Lipinski definition) is 5. The van der Waals surface area contributed by atoms with E-state index in [1.54, 1.807) is 16.7 Å². The molecule has 3 N–H and O–H groups in total. The third-order valence-corrected chi connectivity index (χ3v) is 6.38. The number of imidazole rings is 1. The number of nitrogens with zero attached hydrogens (tertiary/aromatic N) is 3. The molecule has 1 fully saturated rings. The normalized spacial score (nSPS) is 22.2. The molecule has 164 valence electrons. The number of halogens is 1. The number of aromatic nitrogens is 2. The molecule has 4 rings (SSSR count). The van der Waals surface area contributed by atoms with Crippen LogP contribution in [0.5, 0.6) is 0 Å². The van der Waals surface area contributed by atoms with E-state index in [2.05, 4.69) is 10.3 Å². The van der Waals surface area contributed by atoms with Gasteiger partial charge in [-0.25, -0.2) is 9.37 Å². The van der Waals surface area contributed by atoms with Crippen LogP contribution in [0.4, 0.5) is 10.1 Å². The molecule has 1 aliphatic rings. The summed E-state index contributed by atoms with van der Waals surface area (Å²) in [6, 6.07) is 4.49. The summed E-state index contributed by atoms with van der Waals surface area (Å²) in [4.78, 5) is 22.5. The summed E-state index contributed by atoms with van der Waals surface area (Å²) in [5, 5.41) is 4.71. The number of amidine groups is 1. The maximum atomic E-state index is 15.1. The fourth-order valence-corrected chi connectivity index (χ4v) is 4.27. The second-order valence-electron chi connectivity index (χ2n) is 8.96. The van der Waals surface area contributed by atoms with Crippen LogP contribution in [-0.4, -0.2) is 34.3 Å². The molecule has 1 aliphatic heterocycles. The molecule has 0 bridgehead atoms. The predicted octanol–water partition coefficient (Wildman–Crippen LogP) is 4.05. The Balaban J connectivity index is 1.70. The minimum Gasteiger partial charge on any atom is -0.387 e. The van der Waals surface area contributed by atoms with Gasteiger partial charge in [0.2, 0.25) is 0 Å². The molecule has 1 amide bonds. The standard InChI is InChI=1S/C22H26FN5O2S/c1-13-11-30-12-22(13,27-19(24)21(2,3)4)15-9-14(5-6-16(15)23)25-18(29)17-10-28-7-8-31-20(28)26-17/h5-10,13H,11-12H2,1-4H3,(H2,24,27)(H,25,29). The van der Waals surface area contributed by atoms with Gasteiger partial charge in [-0.3, -0.25) is 14.2 Å². The number of fused-ring (bicyclic) bond motifs is 1. The quantitative estimate of drug-likeness (QED) is 0.470. The third-order valence-electron chi connectivity index (χ3n) is 5.61. The van der Waals surface area contributed by atoms with Gasteiger partial charge in [0.1, 0.15) is 22.9 Å². The van der Waals surface area contributed by atoms with Crippen molar-refractivity contribution in [1.29, 1.82) is 0 Å². The monoisotopic (exact) mass is 443 g/mol. The summed E-state index contributed by atoms with van der Waals surface area (Å²) in [7, 11) is 0. The van der Waals surface area contributed by atoms with Gasteiger partial charge in [-0.2, -0.15) is 0 Å². The number of rotatable bonds is 4. The second-order valence-corrected chi connectivity index (χ2v) is 9.83. The van der Waals surface area contributed by atoms with Crippen molar-refractivity contribution in [3.63, 3.8) is 0 Å². The largest absolute Gasteiger partial charge is 0.387 e. The van der Waals surface area contributed by atoms with E-state index in [0.29, 0.717) is 29.4 Å². The van der Waals surface area contributed by atoms with Crippen LogP contribution < -0.4 is 11.1 Å². The minimum atomic E-state index is -0.959. The first-order valence-corrected chi connectivity index (χ1v) is 11.0. The number of ether oxygens (including phenoxy) is 1. The molecule has 3 heterocycles. The molecular weight excluding hydrogens is 417 g/mol. The molecule has 31 heavy (non-hydrogen) atoms. The zero-order valence-corrected chi connectivity index (χ0v) is 18.8. The predicted molar refractivity (Wildman–Crippen MR) is 120 cm³/mol.